The molecule has 0 heterocycles. The highest BCUT2D eigenvalue weighted by Gasteiger charge is 2.05. The number of terminal acetylenes is 1. The highest BCUT2D eigenvalue weighted by molar-refractivity contribution is 6.50. The molecule has 2 nitrogen and oxygen atoms in total. The van der Waals surface area contributed by atoms with Crippen LogP contribution in [0.15, 0.2) is 41.9 Å². The molecule has 0 saturated heterocycles. The number of hydrogen-bond acceptors (Lipinski definition) is 2. The van der Waals surface area contributed by atoms with Crippen LogP contribution in [0.25, 0.3) is 0 Å². The summed E-state index contributed by atoms with van der Waals surface area (Å²) in [4.78, 5) is 0. The van der Waals surface area contributed by atoms with Gasteiger partial charge in [-0.3, -0.25) is 0 Å². The third kappa shape index (κ3) is 6.62. The zero-order valence-corrected chi connectivity index (χ0v) is 10.6. The summed E-state index contributed by atoms with van der Waals surface area (Å²) in [7, 11) is -1.27. The van der Waals surface area contributed by atoms with Gasteiger partial charge in [-0.15, -0.1) is 6.42 Å². The van der Waals surface area contributed by atoms with E-state index in [0.717, 1.165) is 0 Å². The van der Waals surface area contributed by atoms with Crippen molar-refractivity contribution in [2.75, 3.05) is 0 Å². The van der Waals surface area contributed by atoms with Crippen LogP contribution < -0.4 is 0 Å². The van der Waals surface area contributed by atoms with Gasteiger partial charge < -0.3 is 10.0 Å². The maximum Gasteiger partial charge on any atom is 0.483 e. The molecule has 17 heavy (non-hydrogen) atoms. The number of hydrogen-bond donors (Lipinski definition) is 2. The van der Waals surface area contributed by atoms with Crippen molar-refractivity contribution >= 4 is 7.12 Å². The minimum atomic E-state index is -1.27. The first-order valence-electron chi connectivity index (χ1n) is 5.53. The predicted octanol–water partition coefficient (Wildman–Crippen LogP) is 2.39. The van der Waals surface area contributed by atoms with Gasteiger partial charge in [-0.25, -0.2) is 0 Å². The van der Waals surface area contributed by atoms with Crippen LogP contribution in [0.5, 0.6) is 0 Å². The molecule has 0 aliphatic carbocycles. The quantitative estimate of drug-likeness (QED) is 0.604. The van der Waals surface area contributed by atoms with Crippen LogP contribution in [-0.4, -0.2) is 17.2 Å². The Morgan fingerprint density at radius 3 is 2.18 bits per heavy atom. The van der Waals surface area contributed by atoms with Crippen molar-refractivity contribution in [1.29, 1.82) is 0 Å². The number of rotatable bonds is 2. The fourth-order valence-electron chi connectivity index (χ4n) is 0.987. The fraction of sp³-hybridized carbons (Fsp3) is 0.286. The lowest BCUT2D eigenvalue weighted by Gasteiger charge is -2.01. The SMILES string of the molecule is C#CC(C)c1ccccc1.C/C=C(\C)B(O)O. The van der Waals surface area contributed by atoms with Crippen molar-refractivity contribution < 1.29 is 10.0 Å². The lowest BCUT2D eigenvalue weighted by Crippen LogP contribution is -2.12. The van der Waals surface area contributed by atoms with Gasteiger partial charge in [0.2, 0.25) is 0 Å². The summed E-state index contributed by atoms with van der Waals surface area (Å²) in [5, 5.41) is 16.6. The van der Waals surface area contributed by atoms with Gasteiger partial charge >= 0.3 is 7.12 Å². The van der Waals surface area contributed by atoms with Crippen LogP contribution in [0.2, 0.25) is 0 Å². The molecule has 1 unspecified atom stereocenters. The van der Waals surface area contributed by atoms with Gasteiger partial charge in [0.25, 0.3) is 0 Å². The molecule has 90 valence electrons. The standard InChI is InChI=1S/C10H10.C4H9BO2/c1-3-9(2)10-7-5-4-6-8-10;1-3-4(2)5(6)7/h1,4-9H,2H3;3,6-7H,1-2H3/b;4-3+. The van der Waals surface area contributed by atoms with Crippen molar-refractivity contribution in [2.24, 2.45) is 0 Å². The van der Waals surface area contributed by atoms with Crippen LogP contribution in [0.3, 0.4) is 0 Å². The molecule has 1 aromatic rings. The minimum absolute atomic E-state index is 0.237. The molecule has 0 aliphatic rings. The topological polar surface area (TPSA) is 40.5 Å². The van der Waals surface area contributed by atoms with E-state index in [1.54, 1.807) is 19.9 Å². The maximum atomic E-state index is 8.31. The molecule has 1 rings (SSSR count). The lowest BCUT2D eigenvalue weighted by atomic mass is 9.81. The summed E-state index contributed by atoms with van der Waals surface area (Å²) < 4.78 is 0. The molecule has 0 aliphatic heterocycles. The second-order valence-electron chi connectivity index (χ2n) is 3.71. The van der Waals surface area contributed by atoms with Crippen LogP contribution in [-0.2, 0) is 0 Å². The van der Waals surface area contributed by atoms with Crippen molar-refractivity contribution in [3.63, 3.8) is 0 Å². The van der Waals surface area contributed by atoms with Crippen molar-refractivity contribution in [2.45, 2.75) is 26.7 Å². The van der Waals surface area contributed by atoms with E-state index in [1.165, 1.54) is 5.56 Å². The number of allylic oxidation sites excluding steroid dienone is 2. The largest absolute Gasteiger partial charge is 0.483 e. The van der Waals surface area contributed by atoms with E-state index in [1.807, 2.05) is 37.3 Å². The third-order valence-electron chi connectivity index (χ3n) is 2.41. The summed E-state index contributed by atoms with van der Waals surface area (Å²) in [6.45, 7) is 5.44. The van der Waals surface area contributed by atoms with E-state index >= 15 is 0 Å². The van der Waals surface area contributed by atoms with E-state index in [2.05, 4.69) is 5.92 Å². The molecule has 0 saturated carbocycles. The number of benzene rings is 1. The van der Waals surface area contributed by atoms with Crippen molar-refractivity contribution in [3.05, 3.63) is 47.4 Å². The van der Waals surface area contributed by atoms with Crippen LogP contribution >= 0.6 is 0 Å². The normalized spacial score (nSPS) is 11.9. The summed E-state index contributed by atoms with van der Waals surface area (Å²) in [5.41, 5.74) is 1.80. The van der Waals surface area contributed by atoms with Crippen molar-refractivity contribution in [3.8, 4) is 12.3 Å². The molecular formula is C14H19BO2. The highest BCUT2D eigenvalue weighted by atomic mass is 16.4. The Labute approximate surface area is 104 Å². The molecule has 1 aromatic carbocycles. The van der Waals surface area contributed by atoms with E-state index in [4.69, 9.17) is 16.5 Å². The summed E-state index contributed by atoms with van der Waals surface area (Å²) in [6.07, 6.45) is 6.91. The molecule has 0 aromatic heterocycles. The van der Waals surface area contributed by atoms with Crippen molar-refractivity contribution in [1.82, 2.24) is 0 Å². The average Bonchev–Trinajstić information content (AvgIpc) is 2.38. The molecule has 3 heteroatoms. The molecule has 0 bridgehead atoms. The molecule has 1 atom stereocenters. The predicted molar refractivity (Wildman–Crippen MR) is 73.3 cm³/mol. The molecule has 0 radical (unpaired) electrons. The molecule has 0 fully saturated rings. The van der Waals surface area contributed by atoms with Gasteiger partial charge in [0.1, 0.15) is 0 Å². The van der Waals surface area contributed by atoms with Gasteiger partial charge in [0.05, 0.1) is 0 Å². The van der Waals surface area contributed by atoms with Gasteiger partial charge in [0, 0.05) is 5.92 Å². The van der Waals surface area contributed by atoms with Gasteiger partial charge in [0.15, 0.2) is 0 Å². The van der Waals surface area contributed by atoms with E-state index in [-0.39, 0.29) is 5.92 Å². The second kappa shape index (κ2) is 8.63. The monoisotopic (exact) mass is 230 g/mol. The average molecular weight is 230 g/mol. The summed E-state index contributed by atoms with van der Waals surface area (Å²) in [5.74, 6) is 2.92. The van der Waals surface area contributed by atoms with E-state index in [9.17, 15) is 0 Å². The Balaban J connectivity index is 0.000000325. The molecule has 0 amide bonds. The Morgan fingerprint density at radius 1 is 1.35 bits per heavy atom. The zero-order chi connectivity index (χ0) is 13.3. The van der Waals surface area contributed by atoms with Gasteiger partial charge in [-0.1, -0.05) is 42.3 Å². The second-order valence-corrected chi connectivity index (χ2v) is 3.71. The van der Waals surface area contributed by atoms with Crippen LogP contribution in [0.4, 0.5) is 0 Å². The van der Waals surface area contributed by atoms with Crippen LogP contribution in [0.1, 0.15) is 32.3 Å². The minimum Gasteiger partial charge on any atom is -0.423 e. The molecule has 2 N–H and O–H groups in total. The first kappa shape index (κ1) is 15.5. The summed E-state index contributed by atoms with van der Waals surface area (Å²) in [6, 6.07) is 10.1. The fourth-order valence-corrected chi connectivity index (χ4v) is 0.987. The Kier molecular flexibility index (Phi) is 7.87. The lowest BCUT2D eigenvalue weighted by molar-refractivity contribution is 0.419. The smallest absolute Gasteiger partial charge is 0.423 e. The Hall–Kier alpha value is -1.50. The van der Waals surface area contributed by atoms with E-state index in [0.29, 0.717) is 5.47 Å². The van der Waals surface area contributed by atoms with E-state index < -0.39 is 7.12 Å². The first-order valence-corrected chi connectivity index (χ1v) is 5.53. The van der Waals surface area contributed by atoms with Gasteiger partial charge in [-0.2, -0.15) is 0 Å². The maximum absolute atomic E-state index is 8.31. The zero-order valence-electron chi connectivity index (χ0n) is 10.6. The molecular weight excluding hydrogens is 211 g/mol. The van der Waals surface area contributed by atoms with Gasteiger partial charge in [-0.05, 0) is 31.8 Å². The Bertz CT molecular complexity index is 377. The first-order chi connectivity index (χ1) is 8.02. The Morgan fingerprint density at radius 2 is 1.88 bits per heavy atom. The van der Waals surface area contributed by atoms with Crippen LogP contribution in [0, 0.1) is 12.3 Å². The highest BCUT2D eigenvalue weighted by Crippen LogP contribution is 2.11. The summed E-state index contributed by atoms with van der Waals surface area (Å²) >= 11 is 0. The molecule has 0 spiro atoms. The third-order valence-corrected chi connectivity index (χ3v) is 2.41.